The van der Waals surface area contributed by atoms with E-state index in [1.54, 1.807) is 36.4 Å². The van der Waals surface area contributed by atoms with Gasteiger partial charge in [0.1, 0.15) is 5.75 Å². The SMILES string of the molecule is CCCCOc1ccc(S(=O)(=O)Nc2ccc(-c3ccc(N4CCCCCC4)nn3)cc2)cc1. The zero-order valence-electron chi connectivity index (χ0n) is 19.6. The zero-order valence-corrected chi connectivity index (χ0v) is 20.4. The van der Waals surface area contributed by atoms with E-state index in [0.717, 1.165) is 43.0 Å². The van der Waals surface area contributed by atoms with Gasteiger partial charge in [-0.05, 0) is 67.8 Å². The van der Waals surface area contributed by atoms with Crippen LogP contribution in [0.25, 0.3) is 11.3 Å². The maximum atomic E-state index is 12.8. The van der Waals surface area contributed by atoms with Gasteiger partial charge in [0.2, 0.25) is 0 Å². The summed E-state index contributed by atoms with van der Waals surface area (Å²) < 4.78 is 33.8. The maximum Gasteiger partial charge on any atom is 0.261 e. The molecule has 8 heteroatoms. The molecule has 1 aliphatic rings. The van der Waals surface area contributed by atoms with Gasteiger partial charge in [-0.1, -0.05) is 38.3 Å². The second-order valence-electron chi connectivity index (χ2n) is 8.53. The average Bonchev–Trinajstić information content (AvgIpc) is 3.15. The summed E-state index contributed by atoms with van der Waals surface area (Å²) in [6.45, 7) is 4.77. The molecule has 1 saturated heterocycles. The molecule has 180 valence electrons. The van der Waals surface area contributed by atoms with E-state index in [4.69, 9.17) is 4.74 Å². The Bertz CT molecular complexity index is 1140. The van der Waals surface area contributed by atoms with Gasteiger partial charge in [-0.25, -0.2) is 8.42 Å². The summed E-state index contributed by atoms with van der Waals surface area (Å²) in [5, 5.41) is 8.83. The molecule has 1 N–H and O–H groups in total. The molecule has 0 spiro atoms. The van der Waals surface area contributed by atoms with E-state index in [1.807, 2.05) is 24.3 Å². The van der Waals surface area contributed by atoms with Crippen LogP contribution in [0.5, 0.6) is 5.75 Å². The van der Waals surface area contributed by atoms with Crippen LogP contribution in [-0.2, 0) is 10.0 Å². The lowest BCUT2D eigenvalue weighted by atomic mass is 10.1. The van der Waals surface area contributed by atoms with Gasteiger partial charge in [0, 0.05) is 24.3 Å². The predicted octanol–water partition coefficient (Wildman–Crippen LogP) is 5.50. The third-order valence-corrected chi connectivity index (χ3v) is 7.31. The molecule has 0 unspecified atom stereocenters. The van der Waals surface area contributed by atoms with Crippen molar-refractivity contribution in [2.24, 2.45) is 0 Å². The molecule has 3 aromatic rings. The first-order chi connectivity index (χ1) is 16.5. The number of nitrogens with one attached hydrogen (secondary N) is 1. The summed E-state index contributed by atoms with van der Waals surface area (Å²) in [6.07, 6.45) is 6.95. The standard InChI is InChI=1S/C26H32N4O3S/c1-2-3-20-33-23-12-14-24(15-13-23)34(31,32)29-22-10-8-21(9-11-22)25-16-17-26(28-27-25)30-18-6-4-5-7-19-30/h8-17,29H,2-7,18-20H2,1H3. The molecular weight excluding hydrogens is 448 g/mol. The topological polar surface area (TPSA) is 84.4 Å². The zero-order chi connectivity index (χ0) is 23.8. The van der Waals surface area contributed by atoms with Crippen LogP contribution in [0.15, 0.2) is 65.6 Å². The van der Waals surface area contributed by atoms with Crippen molar-refractivity contribution in [2.75, 3.05) is 29.3 Å². The number of unbranched alkanes of at least 4 members (excludes halogenated alkanes) is 1. The van der Waals surface area contributed by atoms with Crippen LogP contribution >= 0.6 is 0 Å². The molecule has 0 bridgehead atoms. The largest absolute Gasteiger partial charge is 0.494 e. The van der Waals surface area contributed by atoms with Crippen LogP contribution in [0.2, 0.25) is 0 Å². The highest BCUT2D eigenvalue weighted by atomic mass is 32.2. The molecule has 0 amide bonds. The van der Waals surface area contributed by atoms with Gasteiger partial charge in [0.15, 0.2) is 5.82 Å². The Labute approximate surface area is 202 Å². The molecule has 34 heavy (non-hydrogen) atoms. The number of aromatic nitrogens is 2. The average molecular weight is 481 g/mol. The molecule has 1 fully saturated rings. The first kappa shape index (κ1) is 24.0. The van der Waals surface area contributed by atoms with Crippen LogP contribution in [-0.4, -0.2) is 38.3 Å². The fourth-order valence-electron chi connectivity index (χ4n) is 3.92. The Balaban J connectivity index is 1.39. The Kier molecular flexibility index (Phi) is 8.00. The normalized spacial score (nSPS) is 14.4. The highest BCUT2D eigenvalue weighted by Gasteiger charge is 2.15. The summed E-state index contributed by atoms with van der Waals surface area (Å²) in [4.78, 5) is 2.49. The number of hydrogen-bond acceptors (Lipinski definition) is 6. The molecule has 0 saturated carbocycles. The molecule has 2 heterocycles. The fraction of sp³-hybridized carbons (Fsp3) is 0.385. The molecule has 0 atom stereocenters. The summed E-state index contributed by atoms with van der Waals surface area (Å²) in [6, 6.07) is 17.6. The third-order valence-electron chi connectivity index (χ3n) is 5.91. The van der Waals surface area contributed by atoms with Crippen molar-refractivity contribution in [1.82, 2.24) is 10.2 Å². The van der Waals surface area contributed by atoms with E-state index >= 15 is 0 Å². The molecule has 1 aliphatic heterocycles. The van der Waals surface area contributed by atoms with Crippen molar-refractivity contribution in [1.29, 1.82) is 0 Å². The predicted molar refractivity (Wildman–Crippen MR) is 136 cm³/mol. The number of sulfonamides is 1. The Morgan fingerprint density at radius 2 is 1.59 bits per heavy atom. The first-order valence-electron chi connectivity index (χ1n) is 12.0. The van der Waals surface area contributed by atoms with E-state index in [1.165, 1.54) is 25.7 Å². The van der Waals surface area contributed by atoms with Gasteiger partial charge >= 0.3 is 0 Å². The minimum atomic E-state index is -3.69. The van der Waals surface area contributed by atoms with Crippen molar-refractivity contribution in [3.8, 4) is 17.0 Å². The van der Waals surface area contributed by atoms with Crippen molar-refractivity contribution in [3.63, 3.8) is 0 Å². The van der Waals surface area contributed by atoms with E-state index in [9.17, 15) is 8.42 Å². The van der Waals surface area contributed by atoms with Crippen LogP contribution < -0.4 is 14.4 Å². The number of ether oxygens (including phenoxy) is 1. The lowest BCUT2D eigenvalue weighted by Crippen LogP contribution is -2.25. The second-order valence-corrected chi connectivity index (χ2v) is 10.2. The summed E-state index contributed by atoms with van der Waals surface area (Å²) in [5.74, 6) is 1.58. The van der Waals surface area contributed by atoms with Crippen LogP contribution in [0.1, 0.15) is 45.4 Å². The van der Waals surface area contributed by atoms with E-state index in [-0.39, 0.29) is 4.90 Å². The number of nitrogens with zero attached hydrogens (tertiary/aromatic N) is 3. The van der Waals surface area contributed by atoms with Gasteiger partial charge in [-0.2, -0.15) is 0 Å². The highest BCUT2D eigenvalue weighted by Crippen LogP contribution is 2.24. The van der Waals surface area contributed by atoms with E-state index in [2.05, 4.69) is 26.7 Å². The molecule has 0 radical (unpaired) electrons. The van der Waals surface area contributed by atoms with Gasteiger partial charge < -0.3 is 9.64 Å². The third kappa shape index (κ3) is 6.26. The first-order valence-corrected chi connectivity index (χ1v) is 13.5. The van der Waals surface area contributed by atoms with Crippen molar-refractivity contribution >= 4 is 21.5 Å². The van der Waals surface area contributed by atoms with Crippen molar-refractivity contribution in [2.45, 2.75) is 50.3 Å². The highest BCUT2D eigenvalue weighted by molar-refractivity contribution is 7.92. The van der Waals surface area contributed by atoms with Gasteiger partial charge in [-0.3, -0.25) is 4.72 Å². The lowest BCUT2D eigenvalue weighted by molar-refractivity contribution is 0.309. The molecule has 2 aromatic carbocycles. The number of rotatable bonds is 9. The maximum absolute atomic E-state index is 12.8. The van der Waals surface area contributed by atoms with Crippen molar-refractivity contribution in [3.05, 3.63) is 60.7 Å². The second kappa shape index (κ2) is 11.3. The molecule has 7 nitrogen and oxygen atoms in total. The molecule has 4 rings (SSSR count). The molecular formula is C26H32N4O3S. The van der Waals surface area contributed by atoms with Gasteiger partial charge in [-0.15, -0.1) is 10.2 Å². The van der Waals surface area contributed by atoms with Crippen LogP contribution in [0.4, 0.5) is 11.5 Å². The van der Waals surface area contributed by atoms with Crippen LogP contribution in [0.3, 0.4) is 0 Å². The quantitative estimate of drug-likeness (QED) is 0.407. The Hall–Kier alpha value is -3.13. The Morgan fingerprint density at radius 1 is 0.882 bits per heavy atom. The minimum Gasteiger partial charge on any atom is -0.494 e. The number of anilines is 2. The summed E-state index contributed by atoms with van der Waals surface area (Å²) in [5.41, 5.74) is 2.12. The fourth-order valence-corrected chi connectivity index (χ4v) is 4.98. The lowest BCUT2D eigenvalue weighted by Gasteiger charge is -2.20. The minimum absolute atomic E-state index is 0.189. The monoisotopic (exact) mass is 480 g/mol. The number of hydrogen-bond donors (Lipinski definition) is 1. The van der Waals surface area contributed by atoms with Crippen LogP contribution in [0, 0.1) is 0 Å². The smallest absolute Gasteiger partial charge is 0.261 e. The van der Waals surface area contributed by atoms with Gasteiger partial charge in [0.05, 0.1) is 17.2 Å². The summed E-state index contributed by atoms with van der Waals surface area (Å²) >= 11 is 0. The van der Waals surface area contributed by atoms with Gasteiger partial charge in [0.25, 0.3) is 10.0 Å². The summed E-state index contributed by atoms with van der Waals surface area (Å²) in [7, 11) is -3.69. The molecule has 0 aliphatic carbocycles. The van der Waals surface area contributed by atoms with E-state index < -0.39 is 10.0 Å². The molecule has 1 aromatic heterocycles. The Morgan fingerprint density at radius 3 is 2.21 bits per heavy atom. The van der Waals surface area contributed by atoms with E-state index in [0.29, 0.717) is 18.0 Å². The van der Waals surface area contributed by atoms with Crippen molar-refractivity contribution < 1.29 is 13.2 Å². The number of benzene rings is 2.